The number of rotatable bonds is 4. The SMILES string of the molecule is CCOc1cccc(N)c1C(=O)Nc1ncccn1. The number of carbonyl (C=O) groups excluding carboxylic acids is 1. The number of ether oxygens (including phenoxy) is 1. The molecule has 1 aromatic carbocycles. The lowest BCUT2D eigenvalue weighted by Crippen LogP contribution is -2.17. The monoisotopic (exact) mass is 258 g/mol. The maximum Gasteiger partial charge on any atom is 0.263 e. The van der Waals surface area contributed by atoms with E-state index < -0.39 is 5.91 Å². The van der Waals surface area contributed by atoms with E-state index in [2.05, 4.69) is 15.3 Å². The summed E-state index contributed by atoms with van der Waals surface area (Å²) < 4.78 is 5.40. The van der Waals surface area contributed by atoms with Gasteiger partial charge in [0.05, 0.1) is 6.61 Å². The molecule has 0 spiro atoms. The second-order valence-electron chi connectivity index (χ2n) is 3.68. The summed E-state index contributed by atoms with van der Waals surface area (Å²) in [5, 5.41) is 2.58. The van der Waals surface area contributed by atoms with Crippen LogP contribution in [0.5, 0.6) is 5.75 Å². The molecule has 0 radical (unpaired) electrons. The maximum atomic E-state index is 12.2. The summed E-state index contributed by atoms with van der Waals surface area (Å²) in [4.78, 5) is 20.0. The number of hydrogen-bond donors (Lipinski definition) is 2. The predicted octanol–water partition coefficient (Wildman–Crippen LogP) is 1.71. The lowest BCUT2D eigenvalue weighted by atomic mass is 10.1. The normalized spacial score (nSPS) is 9.95. The van der Waals surface area contributed by atoms with E-state index in [0.29, 0.717) is 18.0 Å². The van der Waals surface area contributed by atoms with Crippen LogP contribution in [-0.4, -0.2) is 22.5 Å². The van der Waals surface area contributed by atoms with Crippen molar-refractivity contribution in [3.05, 3.63) is 42.2 Å². The van der Waals surface area contributed by atoms with E-state index in [1.165, 1.54) is 0 Å². The van der Waals surface area contributed by atoms with Crippen LogP contribution in [0.4, 0.5) is 11.6 Å². The topological polar surface area (TPSA) is 90.1 Å². The van der Waals surface area contributed by atoms with Crippen molar-refractivity contribution in [2.45, 2.75) is 6.92 Å². The van der Waals surface area contributed by atoms with Gasteiger partial charge in [-0.15, -0.1) is 0 Å². The third-order valence-electron chi connectivity index (χ3n) is 2.38. The number of nitrogens with two attached hydrogens (primary N) is 1. The molecule has 0 unspecified atom stereocenters. The van der Waals surface area contributed by atoms with Crippen molar-refractivity contribution >= 4 is 17.5 Å². The first-order chi connectivity index (χ1) is 9.22. The van der Waals surface area contributed by atoms with E-state index in [-0.39, 0.29) is 11.5 Å². The van der Waals surface area contributed by atoms with Crippen LogP contribution in [0.25, 0.3) is 0 Å². The molecule has 0 aliphatic rings. The fraction of sp³-hybridized carbons (Fsp3) is 0.154. The summed E-state index contributed by atoms with van der Waals surface area (Å²) in [7, 11) is 0. The van der Waals surface area contributed by atoms with Gasteiger partial charge in [-0.2, -0.15) is 0 Å². The number of nitrogens with one attached hydrogen (secondary N) is 1. The third kappa shape index (κ3) is 2.98. The first-order valence-electron chi connectivity index (χ1n) is 5.82. The molecule has 3 N–H and O–H groups in total. The Morgan fingerprint density at radius 1 is 1.32 bits per heavy atom. The highest BCUT2D eigenvalue weighted by Crippen LogP contribution is 2.25. The zero-order valence-electron chi connectivity index (χ0n) is 10.5. The molecule has 0 bridgehead atoms. The summed E-state index contributed by atoms with van der Waals surface area (Å²) >= 11 is 0. The van der Waals surface area contributed by atoms with E-state index in [4.69, 9.17) is 10.5 Å². The minimum absolute atomic E-state index is 0.221. The maximum absolute atomic E-state index is 12.2. The fourth-order valence-corrected chi connectivity index (χ4v) is 1.59. The summed E-state index contributed by atoms with van der Waals surface area (Å²) in [5.74, 6) is 0.266. The van der Waals surface area contributed by atoms with Crippen LogP contribution >= 0.6 is 0 Å². The van der Waals surface area contributed by atoms with Crippen molar-refractivity contribution in [2.75, 3.05) is 17.7 Å². The van der Waals surface area contributed by atoms with Crippen molar-refractivity contribution in [1.82, 2.24) is 9.97 Å². The Bertz CT molecular complexity index is 572. The summed E-state index contributed by atoms with van der Waals surface area (Å²) in [5.41, 5.74) is 6.46. The third-order valence-corrected chi connectivity index (χ3v) is 2.38. The molecule has 0 saturated heterocycles. The molecule has 0 aliphatic carbocycles. The molecule has 0 atom stereocenters. The van der Waals surface area contributed by atoms with Crippen molar-refractivity contribution in [3.8, 4) is 5.75 Å². The number of benzene rings is 1. The number of nitrogen functional groups attached to an aromatic ring is 1. The van der Waals surface area contributed by atoms with Crippen LogP contribution in [0.1, 0.15) is 17.3 Å². The Morgan fingerprint density at radius 3 is 2.74 bits per heavy atom. The van der Waals surface area contributed by atoms with E-state index >= 15 is 0 Å². The molecule has 19 heavy (non-hydrogen) atoms. The minimum Gasteiger partial charge on any atom is -0.493 e. The number of hydrogen-bond acceptors (Lipinski definition) is 5. The molecule has 0 fully saturated rings. The van der Waals surface area contributed by atoms with Gasteiger partial charge in [0.15, 0.2) is 0 Å². The molecule has 0 saturated carbocycles. The van der Waals surface area contributed by atoms with E-state index in [0.717, 1.165) is 0 Å². The molecule has 1 heterocycles. The number of anilines is 2. The van der Waals surface area contributed by atoms with Crippen LogP contribution in [0.15, 0.2) is 36.7 Å². The molecule has 6 heteroatoms. The number of amides is 1. The van der Waals surface area contributed by atoms with E-state index in [1.807, 2.05) is 6.92 Å². The molecule has 98 valence electrons. The average molecular weight is 258 g/mol. The van der Waals surface area contributed by atoms with Crippen LogP contribution in [-0.2, 0) is 0 Å². The van der Waals surface area contributed by atoms with Gasteiger partial charge in [-0.05, 0) is 25.1 Å². The first kappa shape index (κ1) is 12.8. The van der Waals surface area contributed by atoms with E-state index in [9.17, 15) is 4.79 Å². The summed E-state index contributed by atoms with van der Waals surface area (Å²) in [6, 6.07) is 6.73. The molecular formula is C13H14N4O2. The second kappa shape index (κ2) is 5.81. The minimum atomic E-state index is -0.396. The van der Waals surface area contributed by atoms with Crippen LogP contribution in [0.3, 0.4) is 0 Å². The highest BCUT2D eigenvalue weighted by atomic mass is 16.5. The molecule has 6 nitrogen and oxygen atoms in total. The van der Waals surface area contributed by atoms with Crippen LogP contribution < -0.4 is 15.8 Å². The van der Waals surface area contributed by atoms with Crippen molar-refractivity contribution in [1.29, 1.82) is 0 Å². The van der Waals surface area contributed by atoms with Gasteiger partial charge in [-0.3, -0.25) is 10.1 Å². The van der Waals surface area contributed by atoms with Gasteiger partial charge in [-0.1, -0.05) is 6.07 Å². The zero-order chi connectivity index (χ0) is 13.7. The Labute approximate surface area is 110 Å². The Kier molecular flexibility index (Phi) is 3.92. The molecular weight excluding hydrogens is 244 g/mol. The quantitative estimate of drug-likeness (QED) is 0.815. The number of carbonyl (C=O) groups is 1. The smallest absolute Gasteiger partial charge is 0.263 e. The standard InChI is InChI=1S/C13H14N4O2/c1-2-19-10-6-3-5-9(14)11(10)12(18)17-13-15-7-4-8-16-13/h3-8H,2,14H2,1H3,(H,15,16,17,18). The molecule has 1 amide bonds. The van der Waals surface area contributed by atoms with Crippen molar-refractivity contribution < 1.29 is 9.53 Å². The predicted molar refractivity (Wildman–Crippen MR) is 72.0 cm³/mol. The lowest BCUT2D eigenvalue weighted by molar-refractivity contribution is 0.102. The highest BCUT2D eigenvalue weighted by Gasteiger charge is 2.16. The molecule has 2 rings (SSSR count). The van der Waals surface area contributed by atoms with Crippen molar-refractivity contribution in [3.63, 3.8) is 0 Å². The largest absolute Gasteiger partial charge is 0.493 e. The van der Waals surface area contributed by atoms with Gasteiger partial charge in [0.2, 0.25) is 5.95 Å². The van der Waals surface area contributed by atoms with Gasteiger partial charge in [0.1, 0.15) is 11.3 Å². The summed E-state index contributed by atoms with van der Waals surface area (Å²) in [6.07, 6.45) is 3.08. The Balaban J connectivity index is 2.28. The van der Waals surface area contributed by atoms with Gasteiger partial charge in [0.25, 0.3) is 5.91 Å². The van der Waals surface area contributed by atoms with Crippen LogP contribution in [0, 0.1) is 0 Å². The molecule has 2 aromatic rings. The number of aromatic nitrogens is 2. The second-order valence-corrected chi connectivity index (χ2v) is 3.68. The zero-order valence-corrected chi connectivity index (χ0v) is 10.5. The molecule has 1 aromatic heterocycles. The Hall–Kier alpha value is -2.63. The van der Waals surface area contributed by atoms with Gasteiger partial charge in [0, 0.05) is 18.1 Å². The fourth-order valence-electron chi connectivity index (χ4n) is 1.59. The van der Waals surface area contributed by atoms with Gasteiger partial charge < -0.3 is 10.5 Å². The molecule has 0 aliphatic heterocycles. The van der Waals surface area contributed by atoms with Crippen molar-refractivity contribution in [2.24, 2.45) is 0 Å². The van der Waals surface area contributed by atoms with E-state index in [1.54, 1.807) is 36.7 Å². The summed E-state index contributed by atoms with van der Waals surface area (Å²) in [6.45, 7) is 2.29. The Morgan fingerprint density at radius 2 is 2.05 bits per heavy atom. The first-order valence-corrected chi connectivity index (χ1v) is 5.82. The highest BCUT2D eigenvalue weighted by molar-refractivity contribution is 6.09. The van der Waals surface area contributed by atoms with Gasteiger partial charge in [-0.25, -0.2) is 9.97 Å². The number of nitrogens with zero attached hydrogens (tertiary/aromatic N) is 2. The van der Waals surface area contributed by atoms with Crippen LogP contribution in [0.2, 0.25) is 0 Å². The van der Waals surface area contributed by atoms with Gasteiger partial charge >= 0.3 is 0 Å². The average Bonchev–Trinajstić information content (AvgIpc) is 2.40. The lowest BCUT2D eigenvalue weighted by Gasteiger charge is -2.11.